The van der Waals surface area contributed by atoms with Crippen LogP contribution in [0.4, 0.5) is 27.1 Å². The van der Waals surface area contributed by atoms with Crippen molar-refractivity contribution in [2.24, 2.45) is 0 Å². The first kappa shape index (κ1) is 41.3. The van der Waals surface area contributed by atoms with Crippen molar-refractivity contribution >= 4 is 44.6 Å². The Kier molecular flexibility index (Phi) is 11.0. The van der Waals surface area contributed by atoms with Gasteiger partial charge in [0, 0.05) is 40.5 Å². The lowest BCUT2D eigenvalue weighted by molar-refractivity contribution is 0.479. The summed E-state index contributed by atoms with van der Waals surface area (Å²) >= 11 is 0. The van der Waals surface area contributed by atoms with Gasteiger partial charge in [0.2, 0.25) is 0 Å². The molecule has 0 spiro atoms. The van der Waals surface area contributed by atoms with Crippen LogP contribution in [0.15, 0.2) is 140 Å². The molecular formula is C55H57FN4O. The molecule has 8 rings (SSSR count). The van der Waals surface area contributed by atoms with Gasteiger partial charge in [-0.3, -0.25) is 4.57 Å². The minimum atomic E-state index is -0.233. The maximum absolute atomic E-state index is 13.9. The molecule has 5 nitrogen and oxygen atoms in total. The van der Waals surface area contributed by atoms with Crippen LogP contribution in [-0.4, -0.2) is 9.55 Å². The second kappa shape index (κ2) is 16.2. The average Bonchev–Trinajstić information content (AvgIpc) is 3.54. The van der Waals surface area contributed by atoms with E-state index in [2.05, 4.69) is 194 Å². The first-order chi connectivity index (χ1) is 29.0. The van der Waals surface area contributed by atoms with E-state index in [1.165, 1.54) is 34.2 Å². The molecule has 61 heavy (non-hydrogen) atoms. The summed E-state index contributed by atoms with van der Waals surface area (Å²) in [5, 5.41) is 9.97. The van der Waals surface area contributed by atoms with Gasteiger partial charge >= 0.3 is 0 Å². The Balaban J connectivity index is 1.16. The lowest BCUT2D eigenvalue weighted by Crippen LogP contribution is -2.12. The van der Waals surface area contributed by atoms with E-state index in [0.29, 0.717) is 0 Å². The zero-order valence-corrected chi connectivity index (χ0v) is 37.1. The number of pyridine rings is 1. The fourth-order valence-corrected chi connectivity index (χ4v) is 8.11. The number of rotatable bonds is 10. The van der Waals surface area contributed by atoms with Crippen LogP contribution in [0.2, 0.25) is 0 Å². The maximum Gasteiger partial charge on any atom is 0.137 e. The molecule has 0 unspecified atom stereocenters. The monoisotopic (exact) mass is 808 g/mol. The van der Waals surface area contributed by atoms with Crippen molar-refractivity contribution in [1.29, 1.82) is 0 Å². The van der Waals surface area contributed by atoms with E-state index >= 15 is 0 Å². The molecule has 310 valence electrons. The summed E-state index contributed by atoms with van der Waals surface area (Å²) in [4.78, 5) is 4.88. The third kappa shape index (κ3) is 8.63. The van der Waals surface area contributed by atoms with Gasteiger partial charge in [-0.1, -0.05) is 112 Å². The Morgan fingerprint density at radius 1 is 0.557 bits per heavy atom. The van der Waals surface area contributed by atoms with Crippen LogP contribution >= 0.6 is 0 Å². The highest BCUT2D eigenvalue weighted by Crippen LogP contribution is 2.42. The van der Waals surface area contributed by atoms with Crippen molar-refractivity contribution in [3.05, 3.63) is 168 Å². The van der Waals surface area contributed by atoms with E-state index in [9.17, 15) is 4.39 Å². The number of halogens is 1. The number of fused-ring (bicyclic) bond motifs is 3. The highest BCUT2D eigenvalue weighted by Gasteiger charge is 2.22. The van der Waals surface area contributed by atoms with E-state index in [1.54, 1.807) is 0 Å². The Morgan fingerprint density at radius 3 is 1.84 bits per heavy atom. The molecular weight excluding hydrogens is 752 g/mol. The first-order valence-electron chi connectivity index (χ1n) is 21.4. The van der Waals surface area contributed by atoms with Crippen LogP contribution in [0.1, 0.15) is 103 Å². The lowest BCUT2D eigenvalue weighted by atomic mass is 9.86. The number of benzene rings is 6. The predicted octanol–water partition coefficient (Wildman–Crippen LogP) is 16.1. The number of anilines is 4. The lowest BCUT2D eigenvalue weighted by Gasteiger charge is -2.25. The summed E-state index contributed by atoms with van der Waals surface area (Å²) in [5.74, 6) is 2.63. The molecule has 6 aromatic carbocycles. The molecule has 0 aliphatic carbocycles. The zero-order valence-electron chi connectivity index (χ0n) is 37.1. The fraction of sp³-hybridized carbons (Fsp3) is 0.255. The number of nitrogens with one attached hydrogen (secondary N) is 2. The smallest absolute Gasteiger partial charge is 0.137 e. The van der Waals surface area contributed by atoms with Crippen molar-refractivity contribution in [2.75, 3.05) is 10.6 Å². The highest BCUT2D eigenvalue weighted by molar-refractivity contribution is 6.09. The van der Waals surface area contributed by atoms with Crippen LogP contribution in [0, 0.1) is 5.82 Å². The van der Waals surface area contributed by atoms with E-state index in [1.807, 2.05) is 18.3 Å². The summed E-state index contributed by atoms with van der Waals surface area (Å²) in [5.41, 5.74) is 12.8. The Labute approximate surface area is 360 Å². The molecule has 0 bridgehead atoms. The number of aromatic nitrogens is 2. The number of para-hydroxylation sites is 3. The van der Waals surface area contributed by atoms with Gasteiger partial charge in [0.25, 0.3) is 0 Å². The van der Waals surface area contributed by atoms with Crippen LogP contribution in [0.3, 0.4) is 0 Å². The van der Waals surface area contributed by atoms with Crippen molar-refractivity contribution < 1.29 is 9.13 Å². The predicted molar refractivity (Wildman–Crippen MR) is 256 cm³/mol. The third-order valence-corrected chi connectivity index (χ3v) is 11.6. The van der Waals surface area contributed by atoms with Crippen molar-refractivity contribution in [1.82, 2.24) is 9.55 Å². The molecule has 0 saturated heterocycles. The number of ether oxygens (including phenoxy) is 1. The van der Waals surface area contributed by atoms with Gasteiger partial charge < -0.3 is 15.4 Å². The number of nitrogens with zero attached hydrogens (tertiary/aromatic N) is 2. The highest BCUT2D eigenvalue weighted by atomic mass is 19.1. The normalized spacial score (nSPS) is 12.1. The fourth-order valence-electron chi connectivity index (χ4n) is 8.11. The van der Waals surface area contributed by atoms with Gasteiger partial charge in [-0.25, -0.2) is 9.37 Å². The summed E-state index contributed by atoms with van der Waals surface area (Å²) in [6.07, 6.45) is 1.91. The van der Waals surface area contributed by atoms with E-state index in [-0.39, 0.29) is 28.5 Å². The van der Waals surface area contributed by atoms with Gasteiger partial charge in [-0.15, -0.1) is 0 Å². The van der Waals surface area contributed by atoms with E-state index in [0.717, 1.165) is 73.2 Å². The van der Waals surface area contributed by atoms with E-state index in [4.69, 9.17) is 9.72 Å². The van der Waals surface area contributed by atoms with Crippen LogP contribution < -0.4 is 15.4 Å². The van der Waals surface area contributed by atoms with Crippen molar-refractivity contribution in [2.45, 2.75) is 91.9 Å². The molecule has 2 N–H and O–H groups in total. The molecule has 0 aliphatic heterocycles. The molecule has 0 aliphatic rings. The summed E-state index contributed by atoms with van der Waals surface area (Å²) in [7, 11) is 0. The van der Waals surface area contributed by atoms with Gasteiger partial charge in [-0.05, 0) is 135 Å². The summed E-state index contributed by atoms with van der Waals surface area (Å²) in [6, 6.07) is 45.3. The third-order valence-electron chi connectivity index (χ3n) is 11.6. The SMILES string of the molecule is CC(C)c1cc(-c2ccc(F)cc2)cc(C(C)C)c1Nc1ccccc1Nc1cc(Oc2ccc3c4ccccc4n(-c4cc(C(C)(C)C)ccn4)c3c2)cc(C(C)(C)C)c1. The van der Waals surface area contributed by atoms with Gasteiger partial charge in [-0.2, -0.15) is 0 Å². The van der Waals surface area contributed by atoms with Crippen molar-refractivity contribution in [3.8, 4) is 28.4 Å². The van der Waals surface area contributed by atoms with Gasteiger partial charge in [0.05, 0.1) is 22.4 Å². The molecule has 6 heteroatoms. The molecule has 0 fully saturated rings. The van der Waals surface area contributed by atoms with Gasteiger partial charge in [0.1, 0.15) is 23.1 Å². The van der Waals surface area contributed by atoms with Crippen LogP contribution in [0.25, 0.3) is 38.8 Å². The topological polar surface area (TPSA) is 51.1 Å². The molecule has 8 aromatic rings. The second-order valence-electron chi connectivity index (χ2n) is 18.9. The number of hydrogen-bond donors (Lipinski definition) is 2. The van der Waals surface area contributed by atoms with E-state index < -0.39 is 0 Å². The second-order valence-corrected chi connectivity index (χ2v) is 18.9. The minimum Gasteiger partial charge on any atom is -0.457 e. The Bertz CT molecular complexity index is 2840. The maximum atomic E-state index is 13.9. The van der Waals surface area contributed by atoms with Crippen LogP contribution in [-0.2, 0) is 10.8 Å². The largest absolute Gasteiger partial charge is 0.457 e. The quantitative estimate of drug-likeness (QED) is 0.144. The van der Waals surface area contributed by atoms with Gasteiger partial charge in [0.15, 0.2) is 0 Å². The number of hydrogen-bond acceptors (Lipinski definition) is 4. The standard InChI is InChI=1S/C55H57FN4O/c1-34(2)46-27-37(36-19-21-40(56)22-20-36)28-47(35(3)4)53(46)59-49-17-13-12-16-48(49)58-41-29-39(55(8,9)10)30-43(32-41)61-42-23-24-45-44-15-11-14-18-50(44)60(51(45)33-42)52-31-38(25-26-57-52)54(5,6)7/h11-35,58-59H,1-10H3. The average molecular weight is 809 g/mol. The minimum absolute atomic E-state index is 0.0169. The Morgan fingerprint density at radius 2 is 1.18 bits per heavy atom. The Hall–Kier alpha value is -6.40. The zero-order chi connectivity index (χ0) is 43.2. The molecule has 0 atom stereocenters. The molecule has 2 heterocycles. The summed E-state index contributed by atoms with van der Waals surface area (Å²) in [6.45, 7) is 22.3. The van der Waals surface area contributed by atoms with Crippen molar-refractivity contribution in [3.63, 3.8) is 0 Å². The molecule has 0 radical (unpaired) electrons. The first-order valence-corrected chi connectivity index (χ1v) is 21.4. The molecule has 2 aromatic heterocycles. The molecule has 0 amide bonds. The summed E-state index contributed by atoms with van der Waals surface area (Å²) < 4.78 is 23.0. The van der Waals surface area contributed by atoms with Crippen LogP contribution in [0.5, 0.6) is 11.5 Å². The molecule has 0 saturated carbocycles.